The van der Waals surface area contributed by atoms with Crippen LogP contribution in [0.5, 0.6) is 0 Å². The summed E-state index contributed by atoms with van der Waals surface area (Å²) in [5.41, 5.74) is 10.4. The molecule has 1 rings (SSSR count). The van der Waals surface area contributed by atoms with Crippen LogP contribution < -0.4 is 11.5 Å². The summed E-state index contributed by atoms with van der Waals surface area (Å²) in [6, 6.07) is -0.716. The highest BCUT2D eigenvalue weighted by molar-refractivity contribution is 5.72. The molecule has 0 amide bonds. The average Bonchev–Trinajstić information content (AvgIpc) is 2.32. The summed E-state index contributed by atoms with van der Waals surface area (Å²) in [4.78, 5) is 10.1. The topological polar surface area (TPSA) is 108 Å². The minimum absolute atomic E-state index is 0.520. The Hall–Kier alpha value is -1.53. The molecule has 0 saturated carbocycles. The van der Waals surface area contributed by atoms with Crippen molar-refractivity contribution in [3.05, 3.63) is 25.0 Å². The van der Waals surface area contributed by atoms with E-state index in [9.17, 15) is 4.79 Å². The lowest BCUT2D eigenvalue weighted by Crippen LogP contribution is -2.29. The summed E-state index contributed by atoms with van der Waals surface area (Å²) in [6.07, 6.45) is 8.00. The lowest BCUT2D eigenvalue weighted by molar-refractivity contribution is -0.138. The molecule has 1 atom stereocenters. The lowest BCUT2D eigenvalue weighted by atomic mass is 10.1. The Balaban J connectivity index is 0.000000315. The van der Waals surface area contributed by atoms with E-state index in [0.29, 0.717) is 13.0 Å². The van der Waals surface area contributed by atoms with Crippen LogP contribution in [0.4, 0.5) is 0 Å². The second kappa shape index (κ2) is 10.0. The highest BCUT2D eigenvalue weighted by Gasteiger charge is 2.09. The Morgan fingerprint density at radius 3 is 2.00 bits per heavy atom. The first kappa shape index (κ1) is 14.5. The van der Waals surface area contributed by atoms with E-state index in [0.717, 1.165) is 12.8 Å². The summed E-state index contributed by atoms with van der Waals surface area (Å²) in [5.74, 6) is -0.933. The zero-order valence-electron chi connectivity index (χ0n) is 9.04. The van der Waals surface area contributed by atoms with E-state index in [4.69, 9.17) is 16.6 Å². The third kappa shape index (κ3) is 9.04. The van der Waals surface area contributed by atoms with Crippen molar-refractivity contribution in [3.8, 4) is 0 Å². The molecule has 92 valence electrons. The van der Waals surface area contributed by atoms with Crippen LogP contribution in [0, 0.1) is 0 Å². The van der Waals surface area contributed by atoms with Crippen molar-refractivity contribution in [1.29, 1.82) is 0 Å². The van der Waals surface area contributed by atoms with Crippen LogP contribution in [0.1, 0.15) is 19.3 Å². The number of carboxylic acids is 1. The predicted molar refractivity (Wildman–Crippen MR) is 59.0 cm³/mol. The van der Waals surface area contributed by atoms with Crippen molar-refractivity contribution in [2.45, 2.75) is 25.3 Å². The van der Waals surface area contributed by atoms with Crippen LogP contribution in [-0.4, -0.2) is 23.7 Å². The number of rotatable bonds is 5. The molecule has 6 nitrogen and oxygen atoms in total. The first-order chi connectivity index (χ1) is 7.68. The van der Waals surface area contributed by atoms with E-state index in [1.165, 1.54) is 25.0 Å². The average molecular weight is 230 g/mol. The second-order valence-electron chi connectivity index (χ2n) is 3.05. The number of nitrogens with two attached hydrogens (primary N) is 2. The molecule has 0 spiro atoms. The number of hydrogen-bond acceptors (Lipinski definition) is 5. The van der Waals surface area contributed by atoms with Gasteiger partial charge in [-0.1, -0.05) is 6.42 Å². The van der Waals surface area contributed by atoms with Crippen molar-refractivity contribution in [2.24, 2.45) is 11.5 Å². The molecule has 1 aliphatic rings. The molecule has 1 aliphatic heterocycles. The standard InChI is InChI=1S/C6H14N2O2.C4H4O2/c7-4-2-1-3-5(8)6(9)10;1-2-6-4-3-5-1/h5H,1-4,7-8H2,(H,9,10);1-4H/t5-;/m0./s1. The van der Waals surface area contributed by atoms with Crippen LogP contribution in [-0.2, 0) is 14.3 Å². The van der Waals surface area contributed by atoms with Crippen molar-refractivity contribution in [2.75, 3.05) is 6.54 Å². The van der Waals surface area contributed by atoms with Gasteiger partial charge in [-0.25, -0.2) is 0 Å². The van der Waals surface area contributed by atoms with Gasteiger partial charge in [0.15, 0.2) is 0 Å². The molecular formula is C10H18N2O4. The molecular weight excluding hydrogens is 212 g/mol. The maximum absolute atomic E-state index is 10.1. The smallest absolute Gasteiger partial charge is 0.320 e. The van der Waals surface area contributed by atoms with Gasteiger partial charge >= 0.3 is 5.97 Å². The van der Waals surface area contributed by atoms with E-state index in [-0.39, 0.29) is 0 Å². The van der Waals surface area contributed by atoms with Gasteiger partial charge in [0, 0.05) is 0 Å². The van der Waals surface area contributed by atoms with E-state index in [1.807, 2.05) is 0 Å². The first-order valence-electron chi connectivity index (χ1n) is 4.98. The van der Waals surface area contributed by atoms with Gasteiger partial charge in [-0.2, -0.15) is 0 Å². The largest absolute Gasteiger partial charge is 0.480 e. The molecule has 0 fully saturated rings. The summed E-state index contributed by atoms with van der Waals surface area (Å²) in [5, 5.41) is 8.33. The molecule has 0 saturated heterocycles. The number of ether oxygens (including phenoxy) is 2. The monoisotopic (exact) mass is 230 g/mol. The number of aliphatic carboxylic acids is 1. The van der Waals surface area contributed by atoms with Crippen molar-refractivity contribution >= 4 is 5.97 Å². The van der Waals surface area contributed by atoms with Crippen LogP contribution in [0.2, 0.25) is 0 Å². The van der Waals surface area contributed by atoms with Gasteiger partial charge in [-0.15, -0.1) is 0 Å². The Morgan fingerprint density at radius 1 is 1.19 bits per heavy atom. The molecule has 0 unspecified atom stereocenters. The molecule has 0 radical (unpaired) electrons. The summed E-state index contributed by atoms with van der Waals surface area (Å²) < 4.78 is 9.17. The number of hydrogen-bond donors (Lipinski definition) is 3. The highest BCUT2D eigenvalue weighted by atomic mass is 16.5. The Labute approximate surface area is 94.5 Å². The van der Waals surface area contributed by atoms with E-state index in [2.05, 4.69) is 9.47 Å². The van der Waals surface area contributed by atoms with Crippen molar-refractivity contribution in [1.82, 2.24) is 0 Å². The molecule has 16 heavy (non-hydrogen) atoms. The van der Waals surface area contributed by atoms with E-state index >= 15 is 0 Å². The zero-order valence-corrected chi connectivity index (χ0v) is 9.04. The Morgan fingerprint density at radius 2 is 1.69 bits per heavy atom. The molecule has 6 heteroatoms. The Kier molecular flexibility index (Phi) is 9.05. The first-order valence-corrected chi connectivity index (χ1v) is 4.98. The summed E-state index contributed by atoms with van der Waals surface area (Å²) in [6.45, 7) is 0.604. The summed E-state index contributed by atoms with van der Waals surface area (Å²) >= 11 is 0. The minimum Gasteiger partial charge on any atom is -0.480 e. The fourth-order valence-electron chi connectivity index (χ4n) is 0.851. The fraction of sp³-hybridized carbons (Fsp3) is 0.500. The van der Waals surface area contributed by atoms with Gasteiger partial charge in [-0.3, -0.25) is 4.79 Å². The molecule has 5 N–H and O–H groups in total. The van der Waals surface area contributed by atoms with Crippen molar-refractivity contribution < 1.29 is 19.4 Å². The van der Waals surface area contributed by atoms with Gasteiger partial charge in [0.2, 0.25) is 0 Å². The quantitative estimate of drug-likeness (QED) is 0.594. The maximum Gasteiger partial charge on any atom is 0.320 e. The van der Waals surface area contributed by atoms with Crippen LogP contribution >= 0.6 is 0 Å². The van der Waals surface area contributed by atoms with E-state index in [1.54, 1.807) is 0 Å². The summed E-state index contributed by atoms with van der Waals surface area (Å²) in [7, 11) is 0. The lowest BCUT2D eigenvalue weighted by Gasteiger charge is -2.03. The maximum atomic E-state index is 10.1. The second-order valence-corrected chi connectivity index (χ2v) is 3.05. The SMILES string of the molecule is C1=COC=CO1.NCCCC[C@H](N)C(=O)O. The molecule has 0 aromatic heterocycles. The van der Waals surface area contributed by atoms with Gasteiger partial charge in [0.05, 0.1) is 0 Å². The third-order valence-corrected chi connectivity index (χ3v) is 1.71. The van der Waals surface area contributed by atoms with Crippen LogP contribution in [0.15, 0.2) is 25.0 Å². The Bertz CT molecular complexity index is 221. The van der Waals surface area contributed by atoms with Gasteiger partial charge < -0.3 is 26.0 Å². The highest BCUT2D eigenvalue weighted by Crippen LogP contribution is 1.96. The number of carbonyl (C=O) groups is 1. The third-order valence-electron chi connectivity index (χ3n) is 1.71. The minimum atomic E-state index is -0.933. The predicted octanol–water partition coefficient (Wildman–Crippen LogP) is 0.503. The van der Waals surface area contributed by atoms with Crippen molar-refractivity contribution in [3.63, 3.8) is 0 Å². The van der Waals surface area contributed by atoms with E-state index < -0.39 is 12.0 Å². The zero-order chi connectivity index (χ0) is 12.2. The normalized spacial score (nSPS) is 14.1. The van der Waals surface area contributed by atoms with Gasteiger partial charge in [0.25, 0.3) is 0 Å². The molecule has 0 bridgehead atoms. The van der Waals surface area contributed by atoms with Gasteiger partial charge in [0.1, 0.15) is 31.1 Å². The fourth-order valence-corrected chi connectivity index (χ4v) is 0.851. The van der Waals surface area contributed by atoms with Gasteiger partial charge in [-0.05, 0) is 19.4 Å². The van der Waals surface area contributed by atoms with Crippen LogP contribution in [0.3, 0.4) is 0 Å². The number of carboxylic acid groups (broad SMARTS) is 1. The molecule has 1 heterocycles. The molecule has 0 aromatic carbocycles. The van der Waals surface area contributed by atoms with Crippen LogP contribution in [0.25, 0.3) is 0 Å². The molecule has 0 aliphatic carbocycles. The molecule has 0 aromatic rings. The number of unbranched alkanes of at least 4 members (excludes halogenated alkanes) is 1.